The maximum absolute atomic E-state index is 6.20. The molecule has 0 spiro atoms. The van der Waals surface area contributed by atoms with Gasteiger partial charge in [-0.1, -0.05) is 29.3 Å². The third-order valence-corrected chi connectivity index (χ3v) is 3.24. The van der Waals surface area contributed by atoms with E-state index in [9.17, 15) is 0 Å². The second-order valence-corrected chi connectivity index (χ2v) is 4.54. The van der Waals surface area contributed by atoms with Crippen LogP contribution in [0.1, 0.15) is 30.0 Å². The fraction of sp³-hybridized carbons (Fsp3) is 0.500. The summed E-state index contributed by atoms with van der Waals surface area (Å²) >= 11 is 6.20. The molecule has 1 aliphatic carbocycles. The lowest BCUT2D eigenvalue weighted by Gasteiger charge is -2.17. The van der Waals surface area contributed by atoms with Gasteiger partial charge in [0.05, 0.1) is 0 Å². The third kappa shape index (κ3) is 1.94. The van der Waals surface area contributed by atoms with Crippen molar-refractivity contribution in [1.82, 2.24) is 5.32 Å². The van der Waals surface area contributed by atoms with Gasteiger partial charge in [0.2, 0.25) is 0 Å². The molecule has 0 bridgehead atoms. The van der Waals surface area contributed by atoms with Gasteiger partial charge in [-0.2, -0.15) is 0 Å². The van der Waals surface area contributed by atoms with E-state index < -0.39 is 0 Å². The third-order valence-electron chi connectivity index (χ3n) is 2.89. The molecule has 0 amide bonds. The van der Waals surface area contributed by atoms with Crippen molar-refractivity contribution in [2.24, 2.45) is 5.92 Å². The van der Waals surface area contributed by atoms with Crippen molar-refractivity contribution < 1.29 is 0 Å². The molecular weight excluding hydrogens is 194 g/mol. The van der Waals surface area contributed by atoms with E-state index in [1.807, 2.05) is 13.1 Å². The van der Waals surface area contributed by atoms with Crippen LogP contribution < -0.4 is 5.32 Å². The highest BCUT2D eigenvalue weighted by Crippen LogP contribution is 2.42. The molecule has 14 heavy (non-hydrogen) atoms. The van der Waals surface area contributed by atoms with Crippen LogP contribution in [0.4, 0.5) is 0 Å². The van der Waals surface area contributed by atoms with Gasteiger partial charge in [-0.25, -0.2) is 0 Å². The number of hydrogen-bond donors (Lipinski definition) is 1. The summed E-state index contributed by atoms with van der Waals surface area (Å²) < 4.78 is 0. The van der Waals surface area contributed by atoms with E-state index in [4.69, 9.17) is 11.6 Å². The van der Waals surface area contributed by atoms with Gasteiger partial charge in [0.15, 0.2) is 0 Å². The summed E-state index contributed by atoms with van der Waals surface area (Å²) in [7, 11) is 2.02. The molecule has 1 fully saturated rings. The second-order valence-electron chi connectivity index (χ2n) is 4.13. The van der Waals surface area contributed by atoms with E-state index in [0.717, 1.165) is 10.9 Å². The highest BCUT2D eigenvalue weighted by Gasteiger charge is 2.32. The average Bonchev–Trinajstić information content (AvgIpc) is 2.96. The Morgan fingerprint density at radius 3 is 2.71 bits per heavy atom. The molecule has 1 aliphatic rings. The fourth-order valence-corrected chi connectivity index (χ4v) is 2.21. The van der Waals surface area contributed by atoms with E-state index in [1.165, 1.54) is 24.0 Å². The number of hydrogen-bond acceptors (Lipinski definition) is 1. The van der Waals surface area contributed by atoms with E-state index in [-0.39, 0.29) is 0 Å². The highest BCUT2D eigenvalue weighted by atomic mass is 35.5. The van der Waals surface area contributed by atoms with Gasteiger partial charge in [0, 0.05) is 11.1 Å². The lowest BCUT2D eigenvalue weighted by molar-refractivity contribution is 0.529. The molecule has 1 nitrogen and oxygen atoms in total. The minimum Gasteiger partial charge on any atom is -0.313 e. The Morgan fingerprint density at radius 1 is 1.43 bits per heavy atom. The average molecular weight is 210 g/mol. The van der Waals surface area contributed by atoms with Gasteiger partial charge in [-0.05, 0) is 44.4 Å². The van der Waals surface area contributed by atoms with E-state index in [1.54, 1.807) is 0 Å². The van der Waals surface area contributed by atoms with Crippen LogP contribution in [-0.4, -0.2) is 7.05 Å². The molecule has 1 saturated carbocycles. The first-order valence-corrected chi connectivity index (χ1v) is 5.53. The van der Waals surface area contributed by atoms with Crippen LogP contribution in [0.25, 0.3) is 0 Å². The molecule has 2 heteroatoms. The summed E-state index contributed by atoms with van der Waals surface area (Å²) in [6, 6.07) is 6.70. The number of nitrogens with one attached hydrogen (secondary N) is 1. The summed E-state index contributed by atoms with van der Waals surface area (Å²) in [5, 5.41) is 4.25. The molecule has 1 N–H and O–H groups in total. The van der Waals surface area contributed by atoms with Crippen LogP contribution in [0.15, 0.2) is 18.2 Å². The van der Waals surface area contributed by atoms with Gasteiger partial charge in [-0.3, -0.25) is 0 Å². The van der Waals surface area contributed by atoms with Crippen molar-refractivity contribution in [2.45, 2.75) is 25.8 Å². The standard InChI is InChI=1S/C12H16ClN/c1-8-3-6-11(13)10(7-8)12(14-2)9-4-5-9/h3,6-7,9,12,14H,4-5H2,1-2H3. The van der Waals surface area contributed by atoms with Gasteiger partial charge >= 0.3 is 0 Å². The van der Waals surface area contributed by atoms with Gasteiger partial charge < -0.3 is 5.32 Å². The first-order chi connectivity index (χ1) is 6.72. The minimum atomic E-state index is 0.447. The van der Waals surface area contributed by atoms with Crippen molar-refractivity contribution in [3.05, 3.63) is 34.3 Å². The Kier molecular flexibility index (Phi) is 2.80. The maximum Gasteiger partial charge on any atom is 0.0454 e. The van der Waals surface area contributed by atoms with Crippen LogP contribution >= 0.6 is 11.6 Å². The molecule has 2 rings (SSSR count). The van der Waals surface area contributed by atoms with Crippen molar-refractivity contribution in [1.29, 1.82) is 0 Å². The molecule has 1 aromatic carbocycles. The molecule has 0 aromatic heterocycles. The number of halogens is 1. The Hall–Kier alpha value is -0.530. The lowest BCUT2D eigenvalue weighted by Crippen LogP contribution is -2.18. The first-order valence-electron chi connectivity index (χ1n) is 5.15. The topological polar surface area (TPSA) is 12.0 Å². The number of aryl methyl sites for hydroxylation is 1. The van der Waals surface area contributed by atoms with E-state index in [2.05, 4.69) is 24.4 Å². The second kappa shape index (κ2) is 3.92. The summed E-state index contributed by atoms with van der Waals surface area (Å²) in [5.74, 6) is 0.791. The van der Waals surface area contributed by atoms with Crippen LogP contribution in [-0.2, 0) is 0 Å². The molecule has 0 heterocycles. The van der Waals surface area contributed by atoms with Crippen molar-refractivity contribution in [2.75, 3.05) is 7.05 Å². The highest BCUT2D eigenvalue weighted by molar-refractivity contribution is 6.31. The molecule has 76 valence electrons. The quantitative estimate of drug-likeness (QED) is 0.806. The van der Waals surface area contributed by atoms with Gasteiger partial charge in [-0.15, -0.1) is 0 Å². The zero-order valence-corrected chi connectivity index (χ0v) is 9.43. The van der Waals surface area contributed by atoms with Crippen molar-refractivity contribution in [3.8, 4) is 0 Å². The summed E-state index contributed by atoms with van der Waals surface area (Å²) in [6.07, 6.45) is 2.66. The minimum absolute atomic E-state index is 0.447. The molecule has 1 unspecified atom stereocenters. The Balaban J connectivity index is 2.32. The lowest BCUT2D eigenvalue weighted by atomic mass is 10.0. The Labute approximate surface area is 90.5 Å². The smallest absolute Gasteiger partial charge is 0.0454 e. The molecule has 0 saturated heterocycles. The largest absolute Gasteiger partial charge is 0.313 e. The fourth-order valence-electron chi connectivity index (χ4n) is 1.98. The summed E-state index contributed by atoms with van der Waals surface area (Å²) in [5.41, 5.74) is 2.54. The van der Waals surface area contributed by atoms with Crippen molar-refractivity contribution >= 4 is 11.6 Å². The predicted molar refractivity (Wildman–Crippen MR) is 60.7 cm³/mol. The zero-order valence-electron chi connectivity index (χ0n) is 8.68. The monoisotopic (exact) mass is 209 g/mol. The van der Waals surface area contributed by atoms with Crippen LogP contribution in [0.2, 0.25) is 5.02 Å². The molecular formula is C12H16ClN. The molecule has 0 aliphatic heterocycles. The number of benzene rings is 1. The van der Waals surface area contributed by atoms with Gasteiger partial charge in [0.25, 0.3) is 0 Å². The van der Waals surface area contributed by atoms with Crippen LogP contribution in [0.5, 0.6) is 0 Å². The van der Waals surface area contributed by atoms with Crippen molar-refractivity contribution in [3.63, 3.8) is 0 Å². The molecule has 1 atom stereocenters. The Morgan fingerprint density at radius 2 is 2.14 bits per heavy atom. The van der Waals surface area contributed by atoms with E-state index >= 15 is 0 Å². The van der Waals surface area contributed by atoms with E-state index in [0.29, 0.717) is 6.04 Å². The SMILES string of the molecule is CNC(c1cc(C)ccc1Cl)C1CC1. The van der Waals surface area contributed by atoms with Crippen LogP contribution in [0.3, 0.4) is 0 Å². The first kappa shape index (κ1) is 10.0. The Bertz CT molecular complexity index is 331. The summed E-state index contributed by atoms with van der Waals surface area (Å²) in [6.45, 7) is 2.11. The molecule has 0 radical (unpaired) electrons. The zero-order chi connectivity index (χ0) is 10.1. The van der Waals surface area contributed by atoms with Crippen LogP contribution in [0, 0.1) is 12.8 Å². The normalized spacial score (nSPS) is 18.2. The number of rotatable bonds is 3. The predicted octanol–water partition coefficient (Wildman–Crippen LogP) is 3.32. The molecule has 1 aromatic rings. The maximum atomic E-state index is 6.20. The summed E-state index contributed by atoms with van der Waals surface area (Å²) in [4.78, 5) is 0. The van der Waals surface area contributed by atoms with Gasteiger partial charge in [0.1, 0.15) is 0 Å².